The van der Waals surface area contributed by atoms with Gasteiger partial charge in [-0.15, -0.1) is 0 Å². The van der Waals surface area contributed by atoms with Crippen LogP contribution in [-0.2, 0) is 17.7 Å². The van der Waals surface area contributed by atoms with E-state index in [2.05, 4.69) is 4.57 Å². The molecule has 0 aliphatic carbocycles. The summed E-state index contributed by atoms with van der Waals surface area (Å²) in [5.41, 5.74) is 3.22. The van der Waals surface area contributed by atoms with Crippen molar-refractivity contribution >= 4 is 34.2 Å². The Labute approximate surface area is 145 Å². The van der Waals surface area contributed by atoms with Crippen LogP contribution in [-0.4, -0.2) is 23.3 Å². The van der Waals surface area contributed by atoms with Gasteiger partial charge < -0.3 is 9.30 Å². The molecule has 0 bridgehead atoms. The standard InChI is InChI=1S/C18H18Cl2N2O/c1-23-10-2-9-22-17-8-7-15(20)12-16(17)21-18(22)11-13-3-5-14(19)6-4-13/h3-8,12H,2,9-11H2,1H3. The lowest BCUT2D eigenvalue weighted by Crippen LogP contribution is -2.06. The first-order valence-electron chi connectivity index (χ1n) is 7.55. The van der Waals surface area contributed by atoms with Crippen molar-refractivity contribution in [2.45, 2.75) is 19.4 Å². The van der Waals surface area contributed by atoms with Gasteiger partial charge in [-0.05, 0) is 42.3 Å². The lowest BCUT2D eigenvalue weighted by molar-refractivity contribution is 0.190. The predicted octanol–water partition coefficient (Wildman–Crippen LogP) is 4.97. The third-order valence-electron chi connectivity index (χ3n) is 3.80. The highest BCUT2D eigenvalue weighted by atomic mass is 35.5. The van der Waals surface area contributed by atoms with Gasteiger partial charge in [0.05, 0.1) is 11.0 Å². The highest BCUT2D eigenvalue weighted by Crippen LogP contribution is 2.23. The second-order valence-electron chi connectivity index (χ2n) is 5.46. The van der Waals surface area contributed by atoms with Crippen molar-refractivity contribution in [3.8, 4) is 0 Å². The topological polar surface area (TPSA) is 27.1 Å². The zero-order valence-electron chi connectivity index (χ0n) is 12.9. The van der Waals surface area contributed by atoms with Crippen molar-refractivity contribution in [1.82, 2.24) is 9.55 Å². The number of rotatable bonds is 6. The summed E-state index contributed by atoms with van der Waals surface area (Å²) in [4.78, 5) is 4.77. The Balaban J connectivity index is 1.96. The molecule has 0 saturated heterocycles. The van der Waals surface area contributed by atoms with Crippen LogP contribution >= 0.6 is 23.2 Å². The van der Waals surface area contributed by atoms with Crippen LogP contribution in [0.1, 0.15) is 17.8 Å². The fourth-order valence-corrected chi connectivity index (χ4v) is 2.98. The van der Waals surface area contributed by atoms with E-state index in [-0.39, 0.29) is 0 Å². The van der Waals surface area contributed by atoms with E-state index in [1.54, 1.807) is 7.11 Å². The molecule has 0 saturated carbocycles. The minimum Gasteiger partial charge on any atom is -0.385 e. The number of hydrogen-bond donors (Lipinski definition) is 0. The predicted molar refractivity (Wildman–Crippen MR) is 95.5 cm³/mol. The number of fused-ring (bicyclic) bond motifs is 1. The van der Waals surface area contributed by atoms with Crippen LogP contribution in [0.3, 0.4) is 0 Å². The van der Waals surface area contributed by atoms with Gasteiger partial charge in [0.2, 0.25) is 0 Å². The molecule has 0 amide bonds. The minimum atomic E-state index is 0.706. The van der Waals surface area contributed by atoms with Crippen molar-refractivity contribution in [1.29, 1.82) is 0 Å². The molecule has 1 aromatic heterocycles. The number of ether oxygens (including phenoxy) is 1. The summed E-state index contributed by atoms with van der Waals surface area (Å²) in [5, 5.41) is 1.45. The number of nitrogens with zero attached hydrogens (tertiary/aromatic N) is 2. The van der Waals surface area contributed by atoms with E-state index in [1.807, 2.05) is 42.5 Å². The number of aryl methyl sites for hydroxylation is 1. The Morgan fingerprint density at radius 2 is 1.78 bits per heavy atom. The van der Waals surface area contributed by atoms with Crippen molar-refractivity contribution in [2.75, 3.05) is 13.7 Å². The van der Waals surface area contributed by atoms with Crippen molar-refractivity contribution in [3.05, 3.63) is 63.9 Å². The quantitative estimate of drug-likeness (QED) is 0.588. The van der Waals surface area contributed by atoms with Crippen molar-refractivity contribution in [3.63, 3.8) is 0 Å². The Kier molecular flexibility index (Phi) is 5.21. The smallest absolute Gasteiger partial charge is 0.114 e. The number of hydrogen-bond acceptors (Lipinski definition) is 2. The molecule has 5 heteroatoms. The van der Waals surface area contributed by atoms with E-state index in [1.165, 1.54) is 5.56 Å². The molecule has 0 radical (unpaired) electrons. The third kappa shape index (κ3) is 3.86. The van der Waals surface area contributed by atoms with Crippen LogP contribution in [0, 0.1) is 0 Å². The maximum atomic E-state index is 6.10. The van der Waals surface area contributed by atoms with Gasteiger partial charge in [0.25, 0.3) is 0 Å². The van der Waals surface area contributed by atoms with Crippen LogP contribution in [0.2, 0.25) is 10.0 Å². The molecule has 2 aromatic carbocycles. The Bertz CT molecular complexity index is 797. The van der Waals surface area contributed by atoms with E-state index < -0.39 is 0 Å². The van der Waals surface area contributed by atoms with Crippen molar-refractivity contribution in [2.24, 2.45) is 0 Å². The van der Waals surface area contributed by atoms with Crippen LogP contribution < -0.4 is 0 Å². The van der Waals surface area contributed by atoms with E-state index >= 15 is 0 Å². The molecule has 0 aliphatic rings. The number of halogens is 2. The molecule has 3 rings (SSSR count). The molecule has 120 valence electrons. The molecule has 0 spiro atoms. The molecule has 0 aliphatic heterocycles. The minimum absolute atomic E-state index is 0.706. The van der Waals surface area contributed by atoms with Gasteiger partial charge >= 0.3 is 0 Å². The lowest BCUT2D eigenvalue weighted by atomic mass is 10.1. The first-order valence-corrected chi connectivity index (χ1v) is 8.31. The van der Waals surface area contributed by atoms with Gasteiger partial charge in [0, 0.05) is 36.7 Å². The first kappa shape index (κ1) is 16.3. The first-order chi connectivity index (χ1) is 11.2. The zero-order chi connectivity index (χ0) is 16.2. The van der Waals surface area contributed by atoms with Crippen LogP contribution in [0.4, 0.5) is 0 Å². The van der Waals surface area contributed by atoms with Crippen LogP contribution in [0.25, 0.3) is 11.0 Å². The van der Waals surface area contributed by atoms with Crippen molar-refractivity contribution < 1.29 is 4.74 Å². The molecule has 3 nitrogen and oxygen atoms in total. The van der Waals surface area contributed by atoms with E-state index in [9.17, 15) is 0 Å². The fourth-order valence-electron chi connectivity index (χ4n) is 2.69. The second-order valence-corrected chi connectivity index (χ2v) is 6.34. The van der Waals surface area contributed by atoms with E-state index in [0.29, 0.717) is 5.02 Å². The summed E-state index contributed by atoms with van der Waals surface area (Å²) in [7, 11) is 1.72. The number of imidazole rings is 1. The summed E-state index contributed by atoms with van der Waals surface area (Å²) in [6.07, 6.45) is 1.70. The average molecular weight is 349 g/mol. The maximum absolute atomic E-state index is 6.10. The normalized spacial score (nSPS) is 11.3. The highest BCUT2D eigenvalue weighted by Gasteiger charge is 2.11. The molecule has 0 N–H and O–H groups in total. The largest absolute Gasteiger partial charge is 0.385 e. The summed E-state index contributed by atoms with van der Waals surface area (Å²) in [6, 6.07) is 13.7. The molecule has 1 heterocycles. The molecular weight excluding hydrogens is 331 g/mol. The van der Waals surface area contributed by atoms with Gasteiger partial charge in [-0.25, -0.2) is 4.98 Å². The monoisotopic (exact) mass is 348 g/mol. The number of benzene rings is 2. The molecule has 0 atom stereocenters. The SMILES string of the molecule is COCCCn1c(Cc2ccc(Cl)cc2)nc2cc(Cl)ccc21. The summed E-state index contributed by atoms with van der Waals surface area (Å²) in [6.45, 7) is 1.60. The van der Waals surface area contributed by atoms with Gasteiger partial charge in [0.1, 0.15) is 5.82 Å². The second kappa shape index (κ2) is 7.35. The summed E-state index contributed by atoms with van der Waals surface area (Å²) in [5.74, 6) is 1.03. The fraction of sp³-hybridized carbons (Fsp3) is 0.278. The van der Waals surface area contributed by atoms with Gasteiger partial charge in [-0.2, -0.15) is 0 Å². The Hall–Kier alpha value is -1.55. The molecular formula is C18H18Cl2N2O. The van der Waals surface area contributed by atoms with Gasteiger partial charge in [-0.3, -0.25) is 0 Å². The summed E-state index contributed by atoms with van der Waals surface area (Å²) >= 11 is 12.1. The van der Waals surface area contributed by atoms with E-state index in [0.717, 1.165) is 47.9 Å². The molecule has 0 fully saturated rings. The maximum Gasteiger partial charge on any atom is 0.114 e. The Morgan fingerprint density at radius 1 is 1.04 bits per heavy atom. The zero-order valence-corrected chi connectivity index (χ0v) is 14.4. The van der Waals surface area contributed by atoms with E-state index in [4.69, 9.17) is 32.9 Å². The molecule has 0 unspecified atom stereocenters. The highest BCUT2D eigenvalue weighted by molar-refractivity contribution is 6.31. The van der Waals surface area contributed by atoms with Crippen LogP contribution in [0.15, 0.2) is 42.5 Å². The average Bonchev–Trinajstić information content (AvgIpc) is 2.86. The number of methoxy groups -OCH3 is 1. The van der Waals surface area contributed by atoms with Gasteiger partial charge in [0.15, 0.2) is 0 Å². The molecule has 3 aromatic rings. The lowest BCUT2D eigenvalue weighted by Gasteiger charge is -2.09. The number of aromatic nitrogens is 2. The van der Waals surface area contributed by atoms with Crippen LogP contribution in [0.5, 0.6) is 0 Å². The summed E-state index contributed by atoms with van der Waals surface area (Å²) < 4.78 is 7.42. The molecule has 23 heavy (non-hydrogen) atoms. The van der Waals surface area contributed by atoms with Gasteiger partial charge in [-0.1, -0.05) is 35.3 Å². The third-order valence-corrected chi connectivity index (χ3v) is 4.28. The Morgan fingerprint density at radius 3 is 2.52 bits per heavy atom.